The maximum absolute atomic E-state index is 12.0. The monoisotopic (exact) mass is 335 g/mol. The number of H-pyrrole nitrogens is 1. The van der Waals surface area contributed by atoms with Gasteiger partial charge in [-0.1, -0.05) is 18.2 Å². The zero-order valence-corrected chi connectivity index (χ0v) is 13.5. The molecule has 2 heterocycles. The van der Waals surface area contributed by atoms with Gasteiger partial charge < -0.3 is 19.8 Å². The van der Waals surface area contributed by atoms with Crippen LogP contribution in [0.4, 0.5) is 0 Å². The lowest BCUT2D eigenvalue weighted by Crippen LogP contribution is -2.20. The van der Waals surface area contributed by atoms with Crippen molar-refractivity contribution >= 4 is 23.0 Å². The van der Waals surface area contributed by atoms with Gasteiger partial charge in [0.1, 0.15) is 19.0 Å². The number of aromatic nitrogens is 2. The van der Waals surface area contributed by atoms with Crippen LogP contribution in [0.2, 0.25) is 0 Å². The van der Waals surface area contributed by atoms with Gasteiger partial charge >= 0.3 is 0 Å². The van der Waals surface area contributed by atoms with E-state index in [1.165, 1.54) is 6.08 Å². The molecule has 1 aliphatic rings. The number of nitrogens with one attached hydrogen (secondary N) is 2. The van der Waals surface area contributed by atoms with Gasteiger partial charge in [-0.15, -0.1) is 0 Å². The largest absolute Gasteiger partial charge is 0.486 e. The Hall–Kier alpha value is -3.28. The molecule has 0 bridgehead atoms. The van der Waals surface area contributed by atoms with Crippen molar-refractivity contribution in [1.82, 2.24) is 15.3 Å². The van der Waals surface area contributed by atoms with Crippen LogP contribution in [-0.4, -0.2) is 29.1 Å². The molecule has 0 spiro atoms. The average molecular weight is 335 g/mol. The fraction of sp³-hybridized carbons (Fsp3) is 0.158. The molecular weight excluding hydrogens is 318 g/mol. The van der Waals surface area contributed by atoms with Crippen LogP contribution < -0.4 is 14.8 Å². The highest BCUT2D eigenvalue weighted by atomic mass is 16.6. The first-order chi connectivity index (χ1) is 12.3. The van der Waals surface area contributed by atoms with Crippen LogP contribution in [-0.2, 0) is 11.3 Å². The van der Waals surface area contributed by atoms with Gasteiger partial charge in [0.15, 0.2) is 11.5 Å². The van der Waals surface area contributed by atoms with Crippen LogP contribution in [0, 0.1) is 0 Å². The van der Waals surface area contributed by atoms with Gasteiger partial charge in [-0.05, 0) is 35.9 Å². The van der Waals surface area contributed by atoms with Crippen molar-refractivity contribution in [3.8, 4) is 11.5 Å². The van der Waals surface area contributed by atoms with Crippen molar-refractivity contribution in [2.75, 3.05) is 13.2 Å². The number of hydrogen-bond donors (Lipinski definition) is 2. The van der Waals surface area contributed by atoms with Gasteiger partial charge in [-0.25, -0.2) is 4.98 Å². The predicted molar refractivity (Wildman–Crippen MR) is 94.4 cm³/mol. The first-order valence-electron chi connectivity index (χ1n) is 8.07. The summed E-state index contributed by atoms with van der Waals surface area (Å²) in [5.74, 6) is 1.98. The third-order valence-corrected chi connectivity index (χ3v) is 3.86. The second-order valence-corrected chi connectivity index (χ2v) is 5.65. The molecular formula is C19H17N3O3. The summed E-state index contributed by atoms with van der Waals surface area (Å²) in [6, 6.07) is 13.4. The molecule has 1 amide bonds. The molecule has 2 N–H and O–H groups in total. The third-order valence-electron chi connectivity index (χ3n) is 3.86. The summed E-state index contributed by atoms with van der Waals surface area (Å²) in [5, 5.41) is 2.82. The molecule has 0 aliphatic carbocycles. The molecule has 126 valence electrons. The highest BCUT2D eigenvalue weighted by Gasteiger charge is 2.10. The molecule has 0 atom stereocenters. The summed E-state index contributed by atoms with van der Waals surface area (Å²) in [4.78, 5) is 19.6. The van der Waals surface area contributed by atoms with Gasteiger partial charge in [0.2, 0.25) is 5.91 Å². The van der Waals surface area contributed by atoms with Crippen LogP contribution in [0.25, 0.3) is 17.1 Å². The number of imidazole rings is 1. The highest BCUT2D eigenvalue weighted by molar-refractivity contribution is 5.91. The zero-order chi connectivity index (χ0) is 17.1. The molecule has 0 fully saturated rings. The van der Waals surface area contributed by atoms with Crippen LogP contribution >= 0.6 is 0 Å². The number of carbonyl (C=O) groups is 1. The molecule has 4 rings (SSSR count). The normalized spacial score (nSPS) is 13.3. The van der Waals surface area contributed by atoms with Crippen molar-refractivity contribution < 1.29 is 14.3 Å². The maximum Gasteiger partial charge on any atom is 0.244 e. The minimum absolute atomic E-state index is 0.185. The second kappa shape index (κ2) is 6.68. The van der Waals surface area contributed by atoms with Gasteiger partial charge in [-0.3, -0.25) is 4.79 Å². The molecule has 1 aromatic heterocycles. The van der Waals surface area contributed by atoms with E-state index in [4.69, 9.17) is 9.47 Å². The molecule has 0 saturated heterocycles. The predicted octanol–water partition coefficient (Wildman–Crippen LogP) is 2.66. The number of para-hydroxylation sites is 2. The molecule has 0 radical (unpaired) electrons. The Morgan fingerprint density at radius 1 is 1.16 bits per heavy atom. The van der Waals surface area contributed by atoms with Crippen LogP contribution in [0.3, 0.4) is 0 Å². The van der Waals surface area contributed by atoms with Crippen molar-refractivity contribution in [2.45, 2.75) is 6.54 Å². The lowest BCUT2D eigenvalue weighted by atomic mass is 10.2. The highest BCUT2D eigenvalue weighted by Crippen LogP contribution is 2.31. The number of rotatable bonds is 4. The summed E-state index contributed by atoms with van der Waals surface area (Å²) >= 11 is 0. The Morgan fingerprint density at radius 2 is 2.00 bits per heavy atom. The fourth-order valence-electron chi connectivity index (χ4n) is 2.65. The number of hydrogen-bond acceptors (Lipinski definition) is 4. The van der Waals surface area contributed by atoms with E-state index < -0.39 is 0 Å². The van der Waals surface area contributed by atoms with E-state index in [9.17, 15) is 4.79 Å². The van der Waals surface area contributed by atoms with E-state index in [1.54, 1.807) is 6.08 Å². The smallest absolute Gasteiger partial charge is 0.244 e. The molecule has 3 aromatic rings. The minimum Gasteiger partial charge on any atom is -0.486 e. The number of ether oxygens (including phenoxy) is 2. The Labute approximate surface area is 144 Å². The molecule has 0 unspecified atom stereocenters. The Bertz CT molecular complexity index is 913. The zero-order valence-electron chi connectivity index (χ0n) is 13.5. The van der Waals surface area contributed by atoms with Crippen LogP contribution in [0.15, 0.2) is 48.5 Å². The van der Waals surface area contributed by atoms with E-state index in [1.807, 2.05) is 42.5 Å². The van der Waals surface area contributed by atoms with E-state index >= 15 is 0 Å². The lowest BCUT2D eigenvalue weighted by Gasteiger charge is -2.18. The lowest BCUT2D eigenvalue weighted by molar-refractivity contribution is -0.116. The van der Waals surface area contributed by atoms with Crippen molar-refractivity contribution in [3.63, 3.8) is 0 Å². The van der Waals surface area contributed by atoms with Gasteiger partial charge in [0.05, 0.1) is 17.6 Å². The Balaban J connectivity index is 1.37. The fourth-order valence-corrected chi connectivity index (χ4v) is 2.65. The number of fused-ring (bicyclic) bond motifs is 2. The van der Waals surface area contributed by atoms with Gasteiger partial charge in [-0.2, -0.15) is 0 Å². The Kier molecular flexibility index (Phi) is 4.08. The van der Waals surface area contributed by atoms with Crippen molar-refractivity contribution in [3.05, 3.63) is 59.9 Å². The van der Waals surface area contributed by atoms with Gasteiger partial charge in [0, 0.05) is 6.08 Å². The summed E-state index contributed by atoms with van der Waals surface area (Å²) in [7, 11) is 0. The number of aromatic amines is 1. The van der Waals surface area contributed by atoms with E-state index in [0.29, 0.717) is 25.5 Å². The first-order valence-corrected chi connectivity index (χ1v) is 8.07. The van der Waals surface area contributed by atoms with E-state index in [0.717, 1.165) is 28.2 Å². The van der Waals surface area contributed by atoms with E-state index in [-0.39, 0.29) is 5.91 Å². The molecule has 0 saturated carbocycles. The average Bonchev–Trinajstić information content (AvgIpc) is 3.07. The summed E-state index contributed by atoms with van der Waals surface area (Å²) < 4.78 is 11.0. The first kappa shape index (κ1) is 15.3. The maximum atomic E-state index is 12.0. The second-order valence-electron chi connectivity index (χ2n) is 5.65. The summed E-state index contributed by atoms with van der Waals surface area (Å²) in [6.45, 7) is 1.45. The summed E-state index contributed by atoms with van der Waals surface area (Å²) in [6.07, 6.45) is 3.24. The SMILES string of the molecule is O=C(C=Cc1ccc2c(c1)OCCO2)NCc1nc2ccccc2[nH]1. The summed E-state index contributed by atoms with van der Waals surface area (Å²) in [5.41, 5.74) is 2.72. The van der Waals surface area contributed by atoms with Gasteiger partial charge in [0.25, 0.3) is 0 Å². The number of amides is 1. The molecule has 6 heteroatoms. The number of benzene rings is 2. The quantitative estimate of drug-likeness (QED) is 0.719. The van der Waals surface area contributed by atoms with Crippen LogP contribution in [0.1, 0.15) is 11.4 Å². The third kappa shape index (κ3) is 3.47. The Morgan fingerprint density at radius 3 is 2.88 bits per heavy atom. The topological polar surface area (TPSA) is 76.2 Å². The number of carbonyl (C=O) groups excluding carboxylic acids is 1. The van der Waals surface area contributed by atoms with Crippen molar-refractivity contribution in [2.24, 2.45) is 0 Å². The number of nitrogens with zero attached hydrogens (tertiary/aromatic N) is 1. The molecule has 6 nitrogen and oxygen atoms in total. The van der Waals surface area contributed by atoms with Crippen LogP contribution in [0.5, 0.6) is 11.5 Å². The minimum atomic E-state index is -0.185. The van der Waals surface area contributed by atoms with E-state index in [2.05, 4.69) is 15.3 Å². The molecule has 25 heavy (non-hydrogen) atoms. The molecule has 2 aromatic carbocycles. The molecule has 1 aliphatic heterocycles. The van der Waals surface area contributed by atoms with Crippen molar-refractivity contribution in [1.29, 1.82) is 0 Å². The standard InChI is InChI=1S/C19H17N3O3/c23-19(20-12-18-21-14-3-1-2-4-15(14)22-18)8-6-13-5-7-16-17(11-13)25-10-9-24-16/h1-8,11H,9-10,12H2,(H,20,23)(H,21,22).